The van der Waals surface area contributed by atoms with Crippen molar-refractivity contribution in [1.29, 1.82) is 0 Å². The fourth-order valence-electron chi connectivity index (χ4n) is 2.64. The van der Waals surface area contributed by atoms with Crippen LogP contribution >= 0.6 is 0 Å². The molecule has 1 saturated heterocycles. The second kappa shape index (κ2) is 6.56. The van der Waals surface area contributed by atoms with Gasteiger partial charge in [0.25, 0.3) is 0 Å². The van der Waals surface area contributed by atoms with Crippen molar-refractivity contribution in [1.82, 2.24) is 5.32 Å². The van der Waals surface area contributed by atoms with E-state index in [9.17, 15) is 13.5 Å². The van der Waals surface area contributed by atoms with Crippen molar-refractivity contribution < 1.29 is 13.5 Å². The van der Waals surface area contributed by atoms with E-state index in [0.717, 1.165) is 19.4 Å². The van der Waals surface area contributed by atoms with Crippen molar-refractivity contribution >= 4 is 15.5 Å². The zero-order valence-electron chi connectivity index (χ0n) is 11.7. The Bertz CT molecular complexity index is 539. The number of sulfone groups is 1. The highest BCUT2D eigenvalue weighted by molar-refractivity contribution is 7.90. The Morgan fingerprint density at radius 1 is 1.40 bits per heavy atom. The second-order valence-corrected chi connectivity index (χ2v) is 7.19. The average Bonchev–Trinajstić information content (AvgIpc) is 2.90. The summed E-state index contributed by atoms with van der Waals surface area (Å²) in [4.78, 5) is 2.28. The van der Waals surface area contributed by atoms with Gasteiger partial charge in [-0.2, -0.15) is 0 Å². The zero-order chi connectivity index (χ0) is 14.6. The Morgan fingerprint density at radius 2 is 2.15 bits per heavy atom. The van der Waals surface area contributed by atoms with E-state index in [-0.39, 0.29) is 6.61 Å². The molecule has 1 fully saturated rings. The van der Waals surface area contributed by atoms with Gasteiger partial charge in [0.2, 0.25) is 0 Å². The number of hydrogen-bond acceptors (Lipinski definition) is 5. The van der Waals surface area contributed by atoms with Gasteiger partial charge in [0.15, 0.2) is 9.84 Å². The van der Waals surface area contributed by atoms with Gasteiger partial charge in [0, 0.05) is 25.4 Å². The maximum absolute atomic E-state index is 11.9. The number of nitrogens with zero attached hydrogens (tertiary/aromatic N) is 1. The molecule has 0 amide bonds. The van der Waals surface area contributed by atoms with Crippen LogP contribution in [0.5, 0.6) is 0 Å². The number of rotatable bonds is 6. The van der Waals surface area contributed by atoms with Crippen LogP contribution in [0.25, 0.3) is 0 Å². The predicted octanol–water partition coefficient (Wildman–Crippen LogP) is 0.641. The maximum Gasteiger partial charge on any atom is 0.177 e. The number of para-hydroxylation sites is 1. The molecule has 0 saturated carbocycles. The van der Waals surface area contributed by atoms with E-state index in [4.69, 9.17) is 0 Å². The summed E-state index contributed by atoms with van der Waals surface area (Å²) in [6, 6.07) is 7.34. The van der Waals surface area contributed by atoms with Gasteiger partial charge >= 0.3 is 0 Å². The summed E-state index contributed by atoms with van der Waals surface area (Å²) in [6.45, 7) is 2.16. The third kappa shape index (κ3) is 3.71. The molecule has 1 unspecified atom stereocenters. The van der Waals surface area contributed by atoms with Gasteiger partial charge in [-0.3, -0.25) is 0 Å². The van der Waals surface area contributed by atoms with Crippen LogP contribution in [0.1, 0.15) is 12.8 Å². The van der Waals surface area contributed by atoms with Crippen LogP contribution in [0.3, 0.4) is 0 Å². The van der Waals surface area contributed by atoms with E-state index >= 15 is 0 Å². The Hall–Kier alpha value is -1.11. The van der Waals surface area contributed by atoms with E-state index in [0.29, 0.717) is 29.7 Å². The van der Waals surface area contributed by atoms with E-state index in [1.54, 1.807) is 18.2 Å². The molecule has 0 radical (unpaired) electrons. The number of hydrogen-bond donors (Lipinski definition) is 2. The first-order valence-electron chi connectivity index (χ1n) is 6.90. The van der Waals surface area contributed by atoms with Gasteiger partial charge in [-0.25, -0.2) is 8.42 Å². The lowest BCUT2D eigenvalue weighted by atomic mass is 10.2. The van der Waals surface area contributed by atoms with E-state index in [2.05, 4.69) is 5.32 Å². The quantitative estimate of drug-likeness (QED) is 0.806. The van der Waals surface area contributed by atoms with Crippen LogP contribution in [0, 0.1) is 0 Å². The first-order valence-corrected chi connectivity index (χ1v) is 8.80. The Kier molecular flexibility index (Phi) is 5.01. The summed E-state index contributed by atoms with van der Waals surface area (Å²) < 4.78 is 23.8. The van der Waals surface area contributed by atoms with Crippen LogP contribution in [0.2, 0.25) is 0 Å². The summed E-state index contributed by atoms with van der Waals surface area (Å²) in [7, 11) is -3.27. The largest absolute Gasteiger partial charge is 0.395 e. The molecule has 2 N–H and O–H groups in total. The normalized spacial score (nSPS) is 19.2. The van der Waals surface area contributed by atoms with Crippen LogP contribution in [0.15, 0.2) is 29.2 Å². The summed E-state index contributed by atoms with van der Waals surface area (Å²) >= 11 is 0. The molecule has 1 atom stereocenters. The molecule has 0 spiro atoms. The van der Waals surface area contributed by atoms with Crippen molar-refractivity contribution in [2.45, 2.75) is 23.8 Å². The van der Waals surface area contributed by atoms with Crippen LogP contribution in [-0.2, 0) is 9.84 Å². The molecule has 2 rings (SSSR count). The van der Waals surface area contributed by atoms with Crippen LogP contribution in [0.4, 0.5) is 5.69 Å². The van der Waals surface area contributed by atoms with Gasteiger partial charge in [-0.15, -0.1) is 0 Å². The van der Waals surface area contributed by atoms with E-state index in [1.165, 1.54) is 6.26 Å². The Labute approximate surface area is 120 Å². The number of aliphatic hydroxyl groups is 1. The molecule has 20 heavy (non-hydrogen) atoms. The molecule has 1 aromatic carbocycles. The first-order chi connectivity index (χ1) is 9.52. The van der Waals surface area contributed by atoms with Crippen LogP contribution < -0.4 is 10.2 Å². The van der Waals surface area contributed by atoms with Gasteiger partial charge in [0.05, 0.1) is 17.2 Å². The predicted molar refractivity (Wildman–Crippen MR) is 79.9 cm³/mol. The smallest absolute Gasteiger partial charge is 0.177 e. The minimum Gasteiger partial charge on any atom is -0.395 e. The van der Waals surface area contributed by atoms with Gasteiger partial charge in [0.1, 0.15) is 0 Å². The fraction of sp³-hybridized carbons (Fsp3) is 0.571. The van der Waals surface area contributed by atoms with E-state index in [1.807, 2.05) is 11.0 Å². The van der Waals surface area contributed by atoms with Crippen molar-refractivity contribution in [2.75, 3.05) is 37.4 Å². The molecule has 1 aliphatic rings. The standard InChI is InChI=1S/C14H22N2O3S/c1-20(18,19)14-7-3-2-6-13(14)16(9-10-17)11-12-5-4-8-15-12/h2-3,6-7,12,15,17H,4-5,8-11H2,1H3. The minimum absolute atomic E-state index is 0.00478. The Morgan fingerprint density at radius 3 is 2.75 bits per heavy atom. The second-order valence-electron chi connectivity index (χ2n) is 5.20. The van der Waals surface area contributed by atoms with Gasteiger partial charge in [-0.05, 0) is 31.5 Å². The highest BCUT2D eigenvalue weighted by atomic mass is 32.2. The third-order valence-electron chi connectivity index (χ3n) is 3.58. The highest BCUT2D eigenvalue weighted by Gasteiger charge is 2.22. The monoisotopic (exact) mass is 298 g/mol. The molecule has 112 valence electrons. The van der Waals surface area contributed by atoms with Gasteiger partial charge in [-0.1, -0.05) is 12.1 Å². The number of anilines is 1. The van der Waals surface area contributed by atoms with Crippen molar-refractivity contribution in [3.8, 4) is 0 Å². The SMILES string of the molecule is CS(=O)(=O)c1ccccc1N(CCO)CC1CCCN1. The molecular weight excluding hydrogens is 276 g/mol. The van der Waals surface area contributed by atoms with Crippen molar-refractivity contribution in [3.63, 3.8) is 0 Å². The minimum atomic E-state index is -3.27. The maximum atomic E-state index is 11.9. The summed E-state index contributed by atoms with van der Waals surface area (Å²) in [6.07, 6.45) is 3.45. The number of benzene rings is 1. The molecule has 6 heteroatoms. The number of nitrogens with one attached hydrogen (secondary N) is 1. The third-order valence-corrected chi connectivity index (χ3v) is 4.72. The van der Waals surface area contributed by atoms with Crippen LogP contribution in [-0.4, -0.2) is 52.1 Å². The van der Waals surface area contributed by atoms with Crippen molar-refractivity contribution in [3.05, 3.63) is 24.3 Å². The van der Waals surface area contributed by atoms with Gasteiger partial charge < -0.3 is 15.3 Å². The first kappa shape index (κ1) is 15.3. The molecular formula is C14H22N2O3S. The molecule has 0 aliphatic carbocycles. The lowest BCUT2D eigenvalue weighted by Crippen LogP contribution is -2.39. The fourth-order valence-corrected chi connectivity index (χ4v) is 3.54. The zero-order valence-corrected chi connectivity index (χ0v) is 12.6. The molecule has 0 aromatic heterocycles. The lowest BCUT2D eigenvalue weighted by molar-refractivity contribution is 0.300. The summed E-state index contributed by atoms with van der Waals surface area (Å²) in [5.41, 5.74) is 0.678. The average molecular weight is 298 g/mol. The van der Waals surface area contributed by atoms with E-state index < -0.39 is 9.84 Å². The lowest BCUT2D eigenvalue weighted by Gasteiger charge is -2.28. The van der Waals surface area contributed by atoms with Crippen molar-refractivity contribution in [2.24, 2.45) is 0 Å². The number of aliphatic hydroxyl groups excluding tert-OH is 1. The topological polar surface area (TPSA) is 69.6 Å². The highest BCUT2D eigenvalue weighted by Crippen LogP contribution is 2.25. The molecule has 1 aromatic rings. The molecule has 5 nitrogen and oxygen atoms in total. The summed E-state index contributed by atoms with van der Waals surface area (Å²) in [5, 5.41) is 12.7. The Balaban J connectivity index is 2.28. The molecule has 1 aliphatic heterocycles. The molecule has 1 heterocycles. The molecule has 0 bridgehead atoms. The summed E-state index contributed by atoms with van der Waals surface area (Å²) in [5.74, 6) is 0.